The quantitative estimate of drug-likeness (QED) is 0.813. The molecule has 1 aromatic carbocycles. The van der Waals surface area contributed by atoms with Crippen LogP contribution >= 0.6 is 0 Å². The number of nitrogens with one attached hydrogen (secondary N) is 1. The van der Waals surface area contributed by atoms with Crippen molar-refractivity contribution in [3.8, 4) is 0 Å². The van der Waals surface area contributed by atoms with Gasteiger partial charge >= 0.3 is 0 Å². The Kier molecular flexibility index (Phi) is 5.56. The summed E-state index contributed by atoms with van der Waals surface area (Å²) in [5.41, 5.74) is 3.89. The van der Waals surface area contributed by atoms with Crippen LogP contribution in [0.3, 0.4) is 0 Å². The first-order chi connectivity index (χ1) is 14.0. The van der Waals surface area contributed by atoms with E-state index in [0.717, 1.165) is 25.7 Å². The molecule has 0 bridgehead atoms. The molecule has 2 aromatic rings. The van der Waals surface area contributed by atoms with Crippen molar-refractivity contribution < 1.29 is 13.2 Å². The summed E-state index contributed by atoms with van der Waals surface area (Å²) in [6, 6.07) is 12.3. The average Bonchev–Trinajstić information content (AvgIpc) is 2.90. The summed E-state index contributed by atoms with van der Waals surface area (Å²) in [6.45, 7) is 2.10. The molecule has 2 unspecified atom stereocenters. The third-order valence-corrected chi connectivity index (χ3v) is 7.60. The van der Waals surface area contributed by atoms with Gasteiger partial charge in [-0.15, -0.1) is 0 Å². The number of anilines is 2. The minimum absolute atomic E-state index is 0.0172. The normalized spacial score (nSPS) is 22.2. The summed E-state index contributed by atoms with van der Waals surface area (Å²) >= 11 is 0. The molecule has 2 aliphatic rings. The lowest BCUT2D eigenvalue weighted by Gasteiger charge is -2.23. The van der Waals surface area contributed by atoms with Crippen LogP contribution in [-0.4, -0.2) is 31.9 Å². The van der Waals surface area contributed by atoms with E-state index < -0.39 is 10.0 Å². The van der Waals surface area contributed by atoms with E-state index in [0.29, 0.717) is 18.1 Å². The van der Waals surface area contributed by atoms with E-state index in [1.54, 1.807) is 37.3 Å². The summed E-state index contributed by atoms with van der Waals surface area (Å²) in [7, 11) is -3.74. The first kappa shape index (κ1) is 19.8. The van der Waals surface area contributed by atoms with Crippen LogP contribution < -0.4 is 14.7 Å². The van der Waals surface area contributed by atoms with E-state index in [1.165, 1.54) is 28.0 Å². The Hall–Kier alpha value is -2.45. The van der Waals surface area contributed by atoms with E-state index in [2.05, 4.69) is 10.4 Å². The van der Waals surface area contributed by atoms with E-state index in [9.17, 15) is 13.2 Å². The zero-order valence-electron chi connectivity index (χ0n) is 16.5. The molecule has 1 aliphatic heterocycles. The minimum Gasteiger partial charge on any atom is -0.273 e. The van der Waals surface area contributed by atoms with E-state index in [4.69, 9.17) is 0 Å². The lowest BCUT2D eigenvalue weighted by molar-refractivity contribution is -0.120. The number of carbonyl (C=O) groups excluding carboxylic acids is 1. The van der Waals surface area contributed by atoms with Gasteiger partial charge in [-0.1, -0.05) is 37.5 Å². The van der Waals surface area contributed by atoms with Gasteiger partial charge < -0.3 is 0 Å². The fraction of sp³-hybridized carbons (Fsp3) is 0.429. The number of nitrogens with zero attached hydrogens (tertiary/aromatic N) is 3. The topological polar surface area (TPSA) is 82.6 Å². The highest BCUT2D eigenvalue weighted by atomic mass is 32.2. The van der Waals surface area contributed by atoms with Crippen molar-refractivity contribution in [2.45, 2.75) is 50.0 Å². The Bertz CT molecular complexity index is 963. The number of hydrogen-bond acceptors (Lipinski definition) is 5. The van der Waals surface area contributed by atoms with Crippen LogP contribution in [-0.2, 0) is 14.8 Å². The Balaban J connectivity index is 1.57. The molecule has 29 heavy (non-hydrogen) atoms. The molecule has 1 saturated heterocycles. The van der Waals surface area contributed by atoms with Gasteiger partial charge in [0.25, 0.3) is 10.0 Å². The molecule has 4 rings (SSSR count). The van der Waals surface area contributed by atoms with Gasteiger partial charge in [0.2, 0.25) is 5.91 Å². The van der Waals surface area contributed by atoms with Crippen LogP contribution in [0.2, 0.25) is 0 Å². The van der Waals surface area contributed by atoms with Gasteiger partial charge in [0, 0.05) is 18.8 Å². The molecule has 7 nitrogen and oxygen atoms in total. The number of sulfonamides is 1. The predicted octanol–water partition coefficient (Wildman–Crippen LogP) is 3.10. The standard InChI is InChI=1S/C21H26N4O3S/c1-2-24(16-9-5-3-6-10-16)29(27,28)17-13-14-20(22-15-17)25-21(26)18-11-7-4-8-12-19(18)23-25/h3,5-6,9-10,13-15,18-19,23H,2,4,7-8,11-12H2,1H3. The Labute approximate surface area is 171 Å². The molecule has 1 saturated carbocycles. The molecule has 8 heteroatoms. The van der Waals surface area contributed by atoms with Crippen LogP contribution in [0.25, 0.3) is 0 Å². The number of rotatable bonds is 5. The average molecular weight is 415 g/mol. The molecular formula is C21H26N4O3S. The van der Waals surface area contributed by atoms with Crippen molar-refractivity contribution in [1.29, 1.82) is 0 Å². The SMILES string of the molecule is CCN(c1ccccc1)S(=O)(=O)c1ccc(N2NC3CCCCCC3C2=O)nc1. The van der Waals surface area contributed by atoms with Crippen LogP contribution in [0.4, 0.5) is 11.5 Å². The molecule has 1 amide bonds. The summed E-state index contributed by atoms with van der Waals surface area (Å²) in [5, 5.41) is 1.49. The van der Waals surface area contributed by atoms with E-state index in [1.807, 2.05) is 6.07 Å². The monoisotopic (exact) mass is 414 g/mol. The van der Waals surface area contributed by atoms with Crippen molar-refractivity contribution in [1.82, 2.24) is 10.4 Å². The molecule has 1 N–H and O–H groups in total. The molecule has 1 aliphatic carbocycles. The molecule has 2 atom stereocenters. The van der Waals surface area contributed by atoms with Gasteiger partial charge in [0.1, 0.15) is 10.7 Å². The largest absolute Gasteiger partial charge is 0.273 e. The Morgan fingerprint density at radius 1 is 1.10 bits per heavy atom. The fourth-order valence-electron chi connectivity index (χ4n) is 4.20. The van der Waals surface area contributed by atoms with Crippen molar-refractivity contribution in [3.63, 3.8) is 0 Å². The highest BCUT2D eigenvalue weighted by Crippen LogP contribution is 2.32. The lowest BCUT2D eigenvalue weighted by Crippen LogP contribution is -2.38. The van der Waals surface area contributed by atoms with Gasteiger partial charge in [-0.05, 0) is 44.0 Å². The smallest absolute Gasteiger partial charge is 0.265 e. The van der Waals surface area contributed by atoms with Crippen LogP contribution in [0.15, 0.2) is 53.6 Å². The summed E-state index contributed by atoms with van der Waals surface area (Å²) in [4.78, 5) is 17.2. The summed E-state index contributed by atoms with van der Waals surface area (Å²) in [6.07, 6.45) is 6.55. The van der Waals surface area contributed by atoms with Gasteiger partial charge in [-0.3, -0.25) is 9.10 Å². The van der Waals surface area contributed by atoms with Crippen molar-refractivity contribution in [2.24, 2.45) is 5.92 Å². The highest BCUT2D eigenvalue weighted by molar-refractivity contribution is 7.92. The Morgan fingerprint density at radius 3 is 2.55 bits per heavy atom. The third-order valence-electron chi connectivity index (χ3n) is 5.72. The van der Waals surface area contributed by atoms with Gasteiger partial charge in [-0.2, -0.15) is 0 Å². The van der Waals surface area contributed by atoms with Gasteiger partial charge in [0.15, 0.2) is 0 Å². The molecular weight excluding hydrogens is 388 g/mol. The minimum atomic E-state index is -3.74. The van der Waals surface area contributed by atoms with Gasteiger partial charge in [0.05, 0.1) is 11.6 Å². The van der Waals surface area contributed by atoms with Crippen molar-refractivity contribution in [2.75, 3.05) is 15.9 Å². The van der Waals surface area contributed by atoms with Crippen molar-refractivity contribution >= 4 is 27.4 Å². The number of carbonyl (C=O) groups is 1. The molecule has 1 aromatic heterocycles. The number of amides is 1. The summed E-state index contributed by atoms with van der Waals surface area (Å²) < 4.78 is 27.5. The maximum atomic E-state index is 13.1. The highest BCUT2D eigenvalue weighted by Gasteiger charge is 2.41. The van der Waals surface area contributed by atoms with E-state index in [-0.39, 0.29) is 22.8 Å². The van der Waals surface area contributed by atoms with E-state index >= 15 is 0 Å². The second-order valence-corrected chi connectivity index (χ2v) is 9.37. The zero-order valence-corrected chi connectivity index (χ0v) is 17.3. The number of aromatic nitrogens is 1. The molecule has 2 fully saturated rings. The maximum absolute atomic E-state index is 13.1. The first-order valence-corrected chi connectivity index (χ1v) is 11.6. The van der Waals surface area contributed by atoms with Crippen LogP contribution in [0.5, 0.6) is 0 Å². The zero-order chi connectivity index (χ0) is 20.4. The number of para-hydroxylation sites is 1. The lowest BCUT2D eigenvalue weighted by atomic mass is 9.96. The molecule has 0 spiro atoms. The third kappa shape index (κ3) is 3.74. The predicted molar refractivity (Wildman–Crippen MR) is 112 cm³/mol. The van der Waals surface area contributed by atoms with Crippen LogP contribution in [0.1, 0.15) is 39.0 Å². The second kappa shape index (κ2) is 8.12. The summed E-state index contributed by atoms with van der Waals surface area (Å²) in [5.74, 6) is 0.445. The van der Waals surface area contributed by atoms with Crippen molar-refractivity contribution in [3.05, 3.63) is 48.7 Å². The number of hydrogen-bond donors (Lipinski definition) is 1. The molecule has 2 heterocycles. The number of pyridine rings is 1. The fourth-order valence-corrected chi connectivity index (χ4v) is 5.62. The number of fused-ring (bicyclic) bond motifs is 1. The first-order valence-electron chi connectivity index (χ1n) is 10.2. The number of benzene rings is 1. The molecule has 0 radical (unpaired) electrons. The Morgan fingerprint density at radius 2 is 1.86 bits per heavy atom. The maximum Gasteiger partial charge on any atom is 0.265 e. The second-order valence-electron chi connectivity index (χ2n) is 7.51. The van der Waals surface area contributed by atoms with Crippen LogP contribution in [0, 0.1) is 5.92 Å². The molecule has 154 valence electrons. The number of hydrazine groups is 1. The van der Waals surface area contributed by atoms with Gasteiger partial charge in [-0.25, -0.2) is 23.8 Å².